The Morgan fingerprint density at radius 1 is 1.11 bits per heavy atom. The van der Waals surface area contributed by atoms with Gasteiger partial charge in [-0.2, -0.15) is 0 Å². The number of nitrogens with one attached hydrogen (secondary N) is 2. The van der Waals surface area contributed by atoms with E-state index in [0.29, 0.717) is 18.6 Å². The molecule has 0 amide bonds. The van der Waals surface area contributed by atoms with Gasteiger partial charge in [0, 0.05) is 23.5 Å². The smallest absolute Gasteiger partial charge is 0.160 e. The quantitative estimate of drug-likeness (QED) is 0.582. The molecule has 0 aromatic carbocycles. The first-order valence-electron chi connectivity index (χ1n) is 6.53. The van der Waals surface area contributed by atoms with Gasteiger partial charge in [-0.3, -0.25) is 4.79 Å². The summed E-state index contributed by atoms with van der Waals surface area (Å²) in [6.07, 6.45) is 1.01. The average Bonchev–Trinajstić information content (AvgIpc) is 2.33. The van der Waals surface area contributed by atoms with Crippen LogP contribution < -0.4 is 16.4 Å². The van der Waals surface area contributed by atoms with Gasteiger partial charge in [-0.05, 0) is 6.42 Å². The second-order valence-corrected chi connectivity index (χ2v) is 5.28. The number of hydrogen-bond donors (Lipinski definition) is 3. The van der Waals surface area contributed by atoms with Crippen molar-refractivity contribution in [3.8, 4) is 0 Å². The molecule has 0 spiro atoms. The van der Waals surface area contributed by atoms with Crippen molar-refractivity contribution in [2.45, 2.75) is 53.1 Å². The molecule has 0 saturated carbocycles. The maximum absolute atomic E-state index is 10.5. The predicted molar refractivity (Wildman–Crippen MR) is 83.2 cm³/mol. The highest BCUT2D eigenvalue weighted by Gasteiger charge is 1.97. The molecular weight excluding hydrogens is 246 g/mol. The van der Waals surface area contributed by atoms with Crippen LogP contribution in [0.5, 0.6) is 0 Å². The molecule has 0 unspecified atom stereocenters. The molecular formula is C13H29N3OS. The van der Waals surface area contributed by atoms with Crippen LogP contribution in [0.3, 0.4) is 0 Å². The SMILES string of the molecule is CC(C)NCC(=O)CN.CCC(=S)CNC(C)C. The van der Waals surface area contributed by atoms with Crippen molar-refractivity contribution in [2.24, 2.45) is 5.73 Å². The number of rotatable bonds is 8. The van der Waals surface area contributed by atoms with Crippen LogP contribution in [0.1, 0.15) is 41.0 Å². The average molecular weight is 275 g/mol. The van der Waals surface area contributed by atoms with Crippen LogP contribution >= 0.6 is 12.2 Å². The third-order valence-electron chi connectivity index (χ3n) is 2.04. The van der Waals surface area contributed by atoms with Crippen LogP contribution in [0.25, 0.3) is 0 Å². The highest BCUT2D eigenvalue weighted by molar-refractivity contribution is 7.80. The van der Waals surface area contributed by atoms with Crippen molar-refractivity contribution in [2.75, 3.05) is 19.6 Å². The second-order valence-electron chi connectivity index (χ2n) is 4.71. The molecule has 5 heteroatoms. The molecule has 0 aromatic heterocycles. The van der Waals surface area contributed by atoms with Crippen molar-refractivity contribution < 1.29 is 4.79 Å². The summed E-state index contributed by atoms with van der Waals surface area (Å²) in [6.45, 7) is 11.7. The Morgan fingerprint density at radius 3 is 1.89 bits per heavy atom. The van der Waals surface area contributed by atoms with Crippen molar-refractivity contribution in [3.63, 3.8) is 0 Å². The Labute approximate surface area is 117 Å². The lowest BCUT2D eigenvalue weighted by atomic mass is 10.3. The zero-order valence-corrected chi connectivity index (χ0v) is 13.2. The lowest BCUT2D eigenvalue weighted by Gasteiger charge is -2.06. The predicted octanol–water partition coefficient (Wildman–Crippen LogP) is 1.28. The highest BCUT2D eigenvalue weighted by Crippen LogP contribution is 1.84. The second kappa shape index (κ2) is 13.1. The molecule has 0 saturated heterocycles. The van der Waals surface area contributed by atoms with Gasteiger partial charge in [0.25, 0.3) is 0 Å². The zero-order valence-electron chi connectivity index (χ0n) is 12.4. The van der Waals surface area contributed by atoms with E-state index in [1.54, 1.807) is 0 Å². The first-order chi connectivity index (χ1) is 8.33. The van der Waals surface area contributed by atoms with E-state index in [9.17, 15) is 4.79 Å². The van der Waals surface area contributed by atoms with Crippen LogP contribution in [0.2, 0.25) is 0 Å². The highest BCUT2D eigenvalue weighted by atomic mass is 32.1. The summed E-state index contributed by atoms with van der Waals surface area (Å²) in [5, 5.41) is 6.22. The molecule has 18 heavy (non-hydrogen) atoms. The van der Waals surface area contributed by atoms with Gasteiger partial charge in [0.05, 0.1) is 13.1 Å². The van der Waals surface area contributed by atoms with Crippen LogP contribution in [0, 0.1) is 0 Å². The number of carbonyl (C=O) groups excluding carboxylic acids is 1. The molecule has 108 valence electrons. The van der Waals surface area contributed by atoms with Gasteiger partial charge < -0.3 is 16.4 Å². The summed E-state index contributed by atoms with van der Waals surface area (Å²) >= 11 is 5.01. The van der Waals surface area contributed by atoms with Gasteiger partial charge in [0.15, 0.2) is 5.78 Å². The molecule has 0 atom stereocenters. The number of ketones is 1. The minimum atomic E-state index is 0.0590. The van der Waals surface area contributed by atoms with Crippen LogP contribution in [0.15, 0.2) is 0 Å². The Hall–Kier alpha value is -0.360. The monoisotopic (exact) mass is 275 g/mol. The van der Waals surface area contributed by atoms with Crippen molar-refractivity contribution in [1.82, 2.24) is 10.6 Å². The first kappa shape index (κ1) is 20.0. The molecule has 0 heterocycles. The molecule has 0 rings (SSSR count). The Bertz CT molecular complexity index is 206. The Kier molecular flexibility index (Phi) is 14.5. The Balaban J connectivity index is 0. The van der Waals surface area contributed by atoms with Crippen molar-refractivity contribution in [3.05, 3.63) is 0 Å². The molecule has 0 bridgehead atoms. The van der Waals surface area contributed by atoms with Crippen LogP contribution in [-0.2, 0) is 4.79 Å². The lowest BCUT2D eigenvalue weighted by molar-refractivity contribution is -0.117. The maximum Gasteiger partial charge on any atom is 0.160 e. The topological polar surface area (TPSA) is 67.2 Å². The first-order valence-corrected chi connectivity index (χ1v) is 6.94. The number of carbonyl (C=O) groups is 1. The fourth-order valence-corrected chi connectivity index (χ4v) is 0.916. The van der Waals surface area contributed by atoms with E-state index in [-0.39, 0.29) is 12.3 Å². The third-order valence-corrected chi connectivity index (χ3v) is 2.47. The molecule has 0 aliphatic carbocycles. The minimum absolute atomic E-state index is 0.0590. The normalized spacial score (nSPS) is 10.2. The third kappa shape index (κ3) is 18.0. The van der Waals surface area contributed by atoms with E-state index in [2.05, 4.69) is 31.4 Å². The largest absolute Gasteiger partial charge is 0.324 e. The summed E-state index contributed by atoms with van der Waals surface area (Å²) in [4.78, 5) is 11.6. The number of nitrogens with two attached hydrogens (primary N) is 1. The number of thiocarbonyl (C=S) groups is 1. The molecule has 0 radical (unpaired) electrons. The van der Waals surface area contributed by atoms with Gasteiger partial charge in [0.1, 0.15) is 0 Å². The summed E-state index contributed by atoms with van der Waals surface area (Å²) in [5.74, 6) is 0.0590. The van der Waals surface area contributed by atoms with Crippen LogP contribution in [-0.4, -0.2) is 42.4 Å². The maximum atomic E-state index is 10.5. The standard InChI is InChI=1S/C7H15NS.C6H14N2O/c1-4-7(9)5-8-6(2)3;1-5(2)8-4-6(9)3-7/h6,8H,4-5H2,1-3H3;5,8H,3-4,7H2,1-2H3. The number of hydrogen-bond acceptors (Lipinski definition) is 5. The zero-order chi connectivity index (χ0) is 14.6. The minimum Gasteiger partial charge on any atom is -0.324 e. The van der Waals surface area contributed by atoms with E-state index in [1.807, 2.05) is 13.8 Å². The van der Waals surface area contributed by atoms with Gasteiger partial charge in [0.2, 0.25) is 0 Å². The summed E-state index contributed by atoms with van der Waals surface area (Å²) in [6, 6.07) is 0.912. The van der Waals surface area contributed by atoms with E-state index in [0.717, 1.165) is 17.8 Å². The molecule has 0 fully saturated rings. The number of Topliss-reactive ketones (excluding diaryl/α,β-unsaturated/α-hetero) is 1. The lowest BCUT2D eigenvalue weighted by Crippen LogP contribution is -2.32. The molecule has 0 aliphatic rings. The summed E-state index contributed by atoms with van der Waals surface area (Å²) in [7, 11) is 0. The summed E-state index contributed by atoms with van der Waals surface area (Å²) < 4.78 is 0. The molecule has 0 aliphatic heterocycles. The fourth-order valence-electron chi connectivity index (χ4n) is 0.833. The van der Waals surface area contributed by atoms with Crippen LogP contribution in [0.4, 0.5) is 0 Å². The summed E-state index contributed by atoms with van der Waals surface area (Å²) in [5.41, 5.74) is 5.07. The molecule has 4 N–H and O–H groups in total. The van der Waals surface area contributed by atoms with Gasteiger partial charge in [-0.1, -0.05) is 46.8 Å². The van der Waals surface area contributed by atoms with Crippen molar-refractivity contribution in [1.29, 1.82) is 0 Å². The Morgan fingerprint density at radius 2 is 1.56 bits per heavy atom. The molecule has 4 nitrogen and oxygen atoms in total. The van der Waals surface area contributed by atoms with Gasteiger partial charge in [-0.15, -0.1) is 0 Å². The van der Waals surface area contributed by atoms with Crippen molar-refractivity contribution >= 4 is 22.9 Å². The van der Waals surface area contributed by atoms with E-state index >= 15 is 0 Å². The molecule has 0 aromatic rings. The fraction of sp³-hybridized carbons (Fsp3) is 0.846. The van der Waals surface area contributed by atoms with E-state index < -0.39 is 0 Å². The van der Waals surface area contributed by atoms with Gasteiger partial charge >= 0.3 is 0 Å². The van der Waals surface area contributed by atoms with E-state index in [1.165, 1.54) is 0 Å². The van der Waals surface area contributed by atoms with Gasteiger partial charge in [-0.25, -0.2) is 0 Å². The van der Waals surface area contributed by atoms with E-state index in [4.69, 9.17) is 18.0 Å².